The highest BCUT2D eigenvalue weighted by atomic mass is 35.5. The molecule has 0 bridgehead atoms. The maximum Gasteiger partial charge on any atom is 0.174 e. The van der Waals surface area contributed by atoms with Gasteiger partial charge in [-0.15, -0.1) is 0 Å². The maximum absolute atomic E-state index is 12.0. The molecule has 0 aliphatic carbocycles. The predicted molar refractivity (Wildman–Crippen MR) is 85.7 cm³/mol. The Morgan fingerprint density at radius 1 is 1.05 bits per heavy atom. The van der Waals surface area contributed by atoms with E-state index in [0.29, 0.717) is 10.6 Å². The van der Waals surface area contributed by atoms with Crippen LogP contribution in [-0.2, 0) is 9.84 Å². The van der Waals surface area contributed by atoms with Crippen molar-refractivity contribution in [1.82, 2.24) is 0 Å². The Kier molecular flexibility index (Phi) is 5.17. The second kappa shape index (κ2) is 6.89. The molecule has 1 N–H and O–H groups in total. The number of hydrogen-bond acceptors (Lipinski definition) is 3. The number of aliphatic hydroxyl groups excluding tert-OH is 1. The van der Waals surface area contributed by atoms with Gasteiger partial charge in [-0.3, -0.25) is 0 Å². The van der Waals surface area contributed by atoms with Crippen LogP contribution in [0.2, 0.25) is 5.02 Å². The number of rotatable bonds is 5. The molecule has 0 heterocycles. The molecule has 2 aromatic carbocycles. The van der Waals surface area contributed by atoms with Crippen molar-refractivity contribution >= 4 is 27.5 Å². The fraction of sp³-hybridized carbons (Fsp3) is 0.125. The molecule has 2 rings (SSSR count). The summed E-state index contributed by atoms with van der Waals surface area (Å²) in [7, 11) is -3.50. The van der Waals surface area contributed by atoms with Gasteiger partial charge in [0.25, 0.3) is 0 Å². The van der Waals surface area contributed by atoms with Crippen LogP contribution in [0.25, 0.3) is 6.08 Å². The van der Waals surface area contributed by atoms with Crippen LogP contribution in [0.1, 0.15) is 17.2 Å². The van der Waals surface area contributed by atoms with Gasteiger partial charge in [-0.25, -0.2) is 8.42 Å². The summed E-state index contributed by atoms with van der Waals surface area (Å²) >= 11 is 5.76. The molecule has 0 saturated heterocycles. The van der Waals surface area contributed by atoms with Crippen LogP contribution in [0.4, 0.5) is 0 Å². The molecule has 0 fully saturated rings. The SMILES string of the molecule is O=S(=O)(/C=C/c1ccc(Cl)cc1)CC(O)c1ccccc1. The third-order valence-electron chi connectivity index (χ3n) is 2.91. The lowest BCUT2D eigenvalue weighted by Crippen LogP contribution is -2.12. The third kappa shape index (κ3) is 5.01. The summed E-state index contributed by atoms with van der Waals surface area (Å²) in [6, 6.07) is 15.5. The summed E-state index contributed by atoms with van der Waals surface area (Å²) in [6.45, 7) is 0. The smallest absolute Gasteiger partial charge is 0.174 e. The van der Waals surface area contributed by atoms with E-state index < -0.39 is 15.9 Å². The van der Waals surface area contributed by atoms with Gasteiger partial charge in [0, 0.05) is 10.4 Å². The molecular formula is C16H15ClO3S. The number of hydrogen-bond donors (Lipinski definition) is 1. The Morgan fingerprint density at radius 3 is 2.29 bits per heavy atom. The van der Waals surface area contributed by atoms with Crippen LogP contribution >= 0.6 is 11.6 Å². The fourth-order valence-electron chi connectivity index (χ4n) is 1.80. The van der Waals surface area contributed by atoms with Crippen LogP contribution in [0.15, 0.2) is 60.0 Å². The molecule has 0 saturated carbocycles. The molecule has 110 valence electrons. The molecule has 21 heavy (non-hydrogen) atoms. The van der Waals surface area contributed by atoms with Crippen molar-refractivity contribution in [2.45, 2.75) is 6.10 Å². The van der Waals surface area contributed by atoms with E-state index in [9.17, 15) is 13.5 Å². The van der Waals surface area contributed by atoms with Crippen LogP contribution in [0, 0.1) is 0 Å². The molecule has 0 aliphatic rings. The maximum atomic E-state index is 12.0. The summed E-state index contributed by atoms with van der Waals surface area (Å²) in [4.78, 5) is 0. The van der Waals surface area contributed by atoms with Crippen molar-refractivity contribution in [1.29, 1.82) is 0 Å². The summed E-state index contributed by atoms with van der Waals surface area (Å²) in [6.07, 6.45) is 0.453. The van der Waals surface area contributed by atoms with Gasteiger partial charge in [0.2, 0.25) is 0 Å². The van der Waals surface area contributed by atoms with Crippen LogP contribution < -0.4 is 0 Å². The van der Waals surface area contributed by atoms with Crippen LogP contribution in [0.3, 0.4) is 0 Å². The Morgan fingerprint density at radius 2 is 1.67 bits per heavy atom. The Hall–Kier alpha value is -1.62. The monoisotopic (exact) mass is 322 g/mol. The highest BCUT2D eigenvalue weighted by Crippen LogP contribution is 2.16. The van der Waals surface area contributed by atoms with Gasteiger partial charge >= 0.3 is 0 Å². The summed E-state index contributed by atoms with van der Waals surface area (Å²) in [5, 5.41) is 11.7. The van der Waals surface area contributed by atoms with E-state index in [0.717, 1.165) is 11.0 Å². The molecule has 1 unspecified atom stereocenters. The topological polar surface area (TPSA) is 54.4 Å². The standard InChI is InChI=1S/C16H15ClO3S/c17-15-8-6-13(7-9-15)10-11-21(19,20)12-16(18)14-4-2-1-3-5-14/h1-11,16,18H,12H2/b11-10+. The van der Waals surface area contributed by atoms with Gasteiger partial charge in [0.1, 0.15) is 0 Å². The van der Waals surface area contributed by atoms with Crippen molar-refractivity contribution < 1.29 is 13.5 Å². The zero-order valence-corrected chi connectivity index (χ0v) is 12.8. The fourth-order valence-corrected chi connectivity index (χ4v) is 3.04. The Labute approximate surface area is 129 Å². The zero-order chi connectivity index (χ0) is 15.3. The lowest BCUT2D eigenvalue weighted by molar-refractivity contribution is 0.202. The normalized spacial score (nSPS) is 13.4. The first-order valence-electron chi connectivity index (χ1n) is 6.36. The van der Waals surface area contributed by atoms with Gasteiger partial charge in [-0.05, 0) is 29.3 Å². The molecule has 5 heteroatoms. The van der Waals surface area contributed by atoms with E-state index in [1.54, 1.807) is 48.5 Å². The minimum Gasteiger partial charge on any atom is -0.387 e. The van der Waals surface area contributed by atoms with Crippen molar-refractivity contribution in [3.63, 3.8) is 0 Å². The van der Waals surface area contributed by atoms with Gasteiger partial charge in [-0.1, -0.05) is 54.1 Å². The minimum absolute atomic E-state index is 0.346. The van der Waals surface area contributed by atoms with Crippen molar-refractivity contribution in [2.75, 3.05) is 5.75 Å². The summed E-state index contributed by atoms with van der Waals surface area (Å²) in [5.41, 5.74) is 1.32. The summed E-state index contributed by atoms with van der Waals surface area (Å²) < 4.78 is 24.0. The lowest BCUT2D eigenvalue weighted by atomic mass is 10.1. The van der Waals surface area contributed by atoms with Gasteiger partial charge in [0.05, 0.1) is 11.9 Å². The van der Waals surface area contributed by atoms with E-state index in [1.165, 1.54) is 6.08 Å². The first kappa shape index (κ1) is 15.8. The molecule has 1 atom stereocenters. The predicted octanol–water partition coefficient (Wildman–Crippen LogP) is 3.46. The van der Waals surface area contributed by atoms with E-state index >= 15 is 0 Å². The average Bonchev–Trinajstić information content (AvgIpc) is 2.47. The second-order valence-electron chi connectivity index (χ2n) is 4.61. The van der Waals surface area contributed by atoms with Gasteiger partial charge in [-0.2, -0.15) is 0 Å². The van der Waals surface area contributed by atoms with Crippen molar-refractivity contribution in [2.24, 2.45) is 0 Å². The molecule has 0 radical (unpaired) electrons. The average molecular weight is 323 g/mol. The highest BCUT2D eigenvalue weighted by Gasteiger charge is 2.15. The van der Waals surface area contributed by atoms with E-state index in [2.05, 4.69) is 0 Å². The van der Waals surface area contributed by atoms with Crippen LogP contribution in [-0.4, -0.2) is 19.3 Å². The first-order chi connectivity index (χ1) is 9.96. The molecule has 3 nitrogen and oxygen atoms in total. The van der Waals surface area contributed by atoms with Crippen LogP contribution in [0.5, 0.6) is 0 Å². The molecule has 2 aromatic rings. The van der Waals surface area contributed by atoms with Gasteiger partial charge in [0.15, 0.2) is 9.84 Å². The molecule has 0 amide bonds. The number of sulfone groups is 1. The quantitative estimate of drug-likeness (QED) is 0.917. The Balaban J connectivity index is 2.06. The molecular weight excluding hydrogens is 308 g/mol. The van der Waals surface area contributed by atoms with Crippen molar-refractivity contribution in [3.8, 4) is 0 Å². The molecule has 0 aromatic heterocycles. The van der Waals surface area contributed by atoms with Gasteiger partial charge < -0.3 is 5.11 Å². The second-order valence-corrected chi connectivity index (χ2v) is 6.98. The third-order valence-corrected chi connectivity index (χ3v) is 4.50. The lowest BCUT2D eigenvalue weighted by Gasteiger charge is -2.09. The zero-order valence-electron chi connectivity index (χ0n) is 11.2. The van der Waals surface area contributed by atoms with E-state index in [1.807, 2.05) is 6.07 Å². The number of halogens is 1. The minimum atomic E-state index is -3.50. The number of benzene rings is 2. The Bertz CT molecular complexity index is 707. The van der Waals surface area contributed by atoms with E-state index in [-0.39, 0.29) is 5.75 Å². The molecule has 0 spiro atoms. The number of aliphatic hydroxyl groups is 1. The highest BCUT2D eigenvalue weighted by molar-refractivity contribution is 7.94. The summed E-state index contributed by atoms with van der Waals surface area (Å²) in [5.74, 6) is -0.346. The first-order valence-corrected chi connectivity index (χ1v) is 8.45. The van der Waals surface area contributed by atoms with Crippen molar-refractivity contribution in [3.05, 3.63) is 76.2 Å². The largest absolute Gasteiger partial charge is 0.387 e. The molecule has 0 aliphatic heterocycles. The van der Waals surface area contributed by atoms with E-state index in [4.69, 9.17) is 11.6 Å².